The highest BCUT2D eigenvalue weighted by Crippen LogP contribution is 2.22. The number of thioether (sulfide) groups is 1. The van der Waals surface area contributed by atoms with Crippen LogP contribution in [0.1, 0.15) is 19.8 Å². The SMILES string of the molecule is C[C@@H](OC(=O)CSC(=S)N1CCCC1)C(=O)Nc1ccc(F)cc1Cl. The molecule has 0 aliphatic carbocycles. The number of carbonyl (C=O) groups is 2. The van der Waals surface area contributed by atoms with E-state index in [0.29, 0.717) is 4.32 Å². The minimum absolute atomic E-state index is 0.0459. The van der Waals surface area contributed by atoms with Crippen LogP contribution in [0.15, 0.2) is 18.2 Å². The molecule has 1 N–H and O–H groups in total. The molecule has 1 heterocycles. The fourth-order valence-electron chi connectivity index (χ4n) is 2.22. The smallest absolute Gasteiger partial charge is 0.317 e. The number of likely N-dealkylation sites (tertiary alicyclic amines) is 1. The number of hydrogen-bond donors (Lipinski definition) is 1. The lowest BCUT2D eigenvalue weighted by atomic mass is 10.3. The quantitative estimate of drug-likeness (QED) is 0.599. The molecule has 1 aliphatic rings. The first-order chi connectivity index (χ1) is 11.9. The standard InChI is InChI=1S/C16H18ClFN2O3S2/c1-10(15(22)19-13-5-4-11(18)8-12(13)17)23-14(21)9-25-16(24)20-6-2-3-7-20/h4-5,8,10H,2-3,6-7,9H2,1H3,(H,19,22)/t10-/m1/s1. The Kier molecular flexibility index (Phi) is 7.46. The molecule has 25 heavy (non-hydrogen) atoms. The highest BCUT2D eigenvalue weighted by atomic mass is 35.5. The number of hydrogen-bond acceptors (Lipinski definition) is 5. The molecule has 1 aliphatic heterocycles. The van der Waals surface area contributed by atoms with E-state index in [-0.39, 0.29) is 16.5 Å². The van der Waals surface area contributed by atoms with Crippen molar-refractivity contribution in [3.8, 4) is 0 Å². The van der Waals surface area contributed by atoms with Crippen LogP contribution in [0.2, 0.25) is 5.02 Å². The largest absolute Gasteiger partial charge is 0.452 e. The molecule has 0 aromatic heterocycles. The van der Waals surface area contributed by atoms with E-state index >= 15 is 0 Å². The summed E-state index contributed by atoms with van der Waals surface area (Å²) in [6.07, 6.45) is 1.21. The van der Waals surface area contributed by atoms with Crippen molar-refractivity contribution in [3.05, 3.63) is 29.0 Å². The molecule has 1 fully saturated rings. The summed E-state index contributed by atoms with van der Waals surface area (Å²) in [5.74, 6) is -1.54. The summed E-state index contributed by atoms with van der Waals surface area (Å²) in [7, 11) is 0. The van der Waals surface area contributed by atoms with E-state index in [4.69, 9.17) is 28.6 Å². The van der Waals surface area contributed by atoms with E-state index in [2.05, 4.69) is 10.2 Å². The van der Waals surface area contributed by atoms with E-state index in [1.54, 1.807) is 0 Å². The van der Waals surface area contributed by atoms with Gasteiger partial charge >= 0.3 is 5.97 Å². The summed E-state index contributed by atoms with van der Waals surface area (Å²) in [5.41, 5.74) is 0.251. The summed E-state index contributed by atoms with van der Waals surface area (Å²) >= 11 is 12.3. The van der Waals surface area contributed by atoms with Gasteiger partial charge in [0.2, 0.25) is 0 Å². The molecule has 1 aromatic rings. The molecule has 0 saturated carbocycles. The number of benzene rings is 1. The zero-order valence-corrected chi connectivity index (χ0v) is 16.0. The number of amides is 1. The first-order valence-electron chi connectivity index (χ1n) is 7.74. The predicted octanol–water partition coefficient (Wildman–Crippen LogP) is 3.46. The molecule has 0 unspecified atom stereocenters. The average Bonchev–Trinajstić information content (AvgIpc) is 3.09. The van der Waals surface area contributed by atoms with Crippen LogP contribution in [0, 0.1) is 5.82 Å². The lowest BCUT2D eigenvalue weighted by Gasteiger charge is -2.18. The summed E-state index contributed by atoms with van der Waals surface area (Å²) in [4.78, 5) is 26.0. The van der Waals surface area contributed by atoms with Gasteiger partial charge < -0.3 is 15.0 Å². The van der Waals surface area contributed by atoms with Gasteiger partial charge in [-0.25, -0.2) is 4.39 Å². The molecule has 2 rings (SSSR count). The van der Waals surface area contributed by atoms with Gasteiger partial charge in [-0.05, 0) is 38.0 Å². The number of ether oxygens (including phenoxy) is 1. The van der Waals surface area contributed by atoms with Gasteiger partial charge in [-0.15, -0.1) is 0 Å². The van der Waals surface area contributed by atoms with E-state index in [1.807, 2.05) is 0 Å². The minimum Gasteiger partial charge on any atom is -0.452 e. The first-order valence-corrected chi connectivity index (χ1v) is 9.51. The second-order valence-electron chi connectivity index (χ2n) is 5.49. The number of anilines is 1. The topological polar surface area (TPSA) is 58.6 Å². The Morgan fingerprint density at radius 2 is 2.12 bits per heavy atom. The Morgan fingerprint density at radius 1 is 1.44 bits per heavy atom. The monoisotopic (exact) mass is 404 g/mol. The Hall–Kier alpha value is -1.38. The Balaban J connectivity index is 1.77. The highest BCUT2D eigenvalue weighted by Gasteiger charge is 2.21. The number of esters is 1. The van der Waals surface area contributed by atoms with Crippen molar-refractivity contribution in [1.29, 1.82) is 0 Å². The molecular formula is C16H18ClFN2O3S2. The molecule has 9 heteroatoms. The molecule has 5 nitrogen and oxygen atoms in total. The average molecular weight is 405 g/mol. The van der Waals surface area contributed by atoms with Gasteiger partial charge in [0.1, 0.15) is 10.1 Å². The molecule has 0 spiro atoms. The van der Waals surface area contributed by atoms with Crippen LogP contribution in [0.4, 0.5) is 10.1 Å². The molecule has 1 saturated heterocycles. The van der Waals surface area contributed by atoms with Crippen LogP contribution < -0.4 is 5.32 Å². The Labute approximate surface area is 160 Å². The van der Waals surface area contributed by atoms with Crippen LogP contribution in [0.5, 0.6) is 0 Å². The van der Waals surface area contributed by atoms with Gasteiger partial charge in [0.15, 0.2) is 6.10 Å². The third kappa shape index (κ3) is 6.13. The van der Waals surface area contributed by atoms with Crippen LogP contribution >= 0.6 is 35.6 Å². The van der Waals surface area contributed by atoms with Gasteiger partial charge in [-0.1, -0.05) is 35.6 Å². The zero-order chi connectivity index (χ0) is 18.4. The van der Waals surface area contributed by atoms with E-state index in [1.165, 1.54) is 30.8 Å². The van der Waals surface area contributed by atoms with Gasteiger partial charge in [0, 0.05) is 13.1 Å². The minimum atomic E-state index is -1.01. The molecule has 1 aromatic carbocycles. The van der Waals surface area contributed by atoms with Gasteiger partial charge in [-0.2, -0.15) is 0 Å². The fourth-order valence-corrected chi connectivity index (χ4v) is 3.47. The van der Waals surface area contributed by atoms with Crippen LogP contribution in [-0.2, 0) is 14.3 Å². The second-order valence-corrected chi connectivity index (χ2v) is 7.51. The van der Waals surface area contributed by atoms with Crippen molar-refractivity contribution >= 4 is 57.5 Å². The summed E-state index contributed by atoms with van der Waals surface area (Å²) in [6, 6.07) is 3.60. The number of nitrogens with one attached hydrogen (secondary N) is 1. The van der Waals surface area contributed by atoms with Gasteiger partial charge in [0.05, 0.1) is 16.5 Å². The van der Waals surface area contributed by atoms with Crippen molar-refractivity contribution in [2.24, 2.45) is 0 Å². The third-order valence-electron chi connectivity index (χ3n) is 3.54. The predicted molar refractivity (Wildman–Crippen MR) is 101 cm³/mol. The van der Waals surface area contributed by atoms with Gasteiger partial charge in [-0.3, -0.25) is 9.59 Å². The van der Waals surface area contributed by atoms with Crippen molar-refractivity contribution in [1.82, 2.24) is 4.90 Å². The Bertz CT molecular complexity index is 669. The maximum atomic E-state index is 13.0. The van der Waals surface area contributed by atoms with Crippen LogP contribution in [0.25, 0.3) is 0 Å². The zero-order valence-electron chi connectivity index (χ0n) is 13.6. The summed E-state index contributed by atoms with van der Waals surface area (Å²) in [6.45, 7) is 3.28. The first kappa shape index (κ1) is 19.9. The highest BCUT2D eigenvalue weighted by molar-refractivity contribution is 8.23. The summed E-state index contributed by atoms with van der Waals surface area (Å²) in [5, 5.41) is 2.56. The maximum absolute atomic E-state index is 13.0. The van der Waals surface area contributed by atoms with E-state index < -0.39 is 23.8 Å². The lowest BCUT2D eigenvalue weighted by molar-refractivity contribution is -0.150. The van der Waals surface area contributed by atoms with Crippen molar-refractivity contribution in [3.63, 3.8) is 0 Å². The van der Waals surface area contributed by atoms with Gasteiger partial charge in [0.25, 0.3) is 5.91 Å². The molecule has 1 atom stereocenters. The van der Waals surface area contributed by atoms with Crippen LogP contribution in [-0.4, -0.2) is 46.0 Å². The maximum Gasteiger partial charge on any atom is 0.317 e. The fraction of sp³-hybridized carbons (Fsp3) is 0.438. The number of carbonyl (C=O) groups excluding carboxylic acids is 2. The number of thiocarbonyl (C=S) groups is 1. The summed E-state index contributed by atoms with van der Waals surface area (Å²) < 4.78 is 18.8. The van der Waals surface area contributed by atoms with E-state index in [0.717, 1.165) is 32.0 Å². The number of halogens is 2. The van der Waals surface area contributed by atoms with E-state index in [9.17, 15) is 14.0 Å². The molecule has 1 amide bonds. The Morgan fingerprint density at radius 3 is 2.76 bits per heavy atom. The lowest BCUT2D eigenvalue weighted by Crippen LogP contribution is -2.31. The van der Waals surface area contributed by atoms with Crippen molar-refractivity contribution < 1.29 is 18.7 Å². The molecule has 136 valence electrons. The third-order valence-corrected chi connectivity index (χ3v) is 5.35. The normalized spacial score (nSPS) is 14.9. The number of nitrogens with zero attached hydrogens (tertiary/aromatic N) is 1. The molecule has 0 bridgehead atoms. The molecular weight excluding hydrogens is 387 g/mol. The molecule has 0 radical (unpaired) electrons. The number of rotatable bonds is 5. The van der Waals surface area contributed by atoms with Crippen molar-refractivity contribution in [2.75, 3.05) is 24.2 Å². The second kappa shape index (κ2) is 9.35. The van der Waals surface area contributed by atoms with Crippen molar-refractivity contribution in [2.45, 2.75) is 25.9 Å². The van der Waals surface area contributed by atoms with Crippen LogP contribution in [0.3, 0.4) is 0 Å².